The molecule has 0 aliphatic carbocycles. The molecule has 3 aromatic heterocycles. The van der Waals surface area contributed by atoms with E-state index in [1.165, 1.54) is 5.56 Å². The molecular weight excluding hydrogens is 414 g/mol. The van der Waals surface area contributed by atoms with Crippen molar-refractivity contribution in [2.24, 2.45) is 0 Å². The Labute approximate surface area is 195 Å². The van der Waals surface area contributed by atoms with Gasteiger partial charge in [0.2, 0.25) is 5.88 Å². The van der Waals surface area contributed by atoms with Gasteiger partial charge in [-0.05, 0) is 58.1 Å². The summed E-state index contributed by atoms with van der Waals surface area (Å²) in [4.78, 5) is 23.1. The van der Waals surface area contributed by atoms with Crippen LogP contribution < -0.4 is 15.0 Å². The molecule has 0 aromatic carbocycles. The first kappa shape index (κ1) is 21.6. The number of anilines is 2. The summed E-state index contributed by atoms with van der Waals surface area (Å²) in [5.74, 6) is 1.58. The molecule has 0 bridgehead atoms. The number of aryl methyl sites for hydroxylation is 1. The number of nitrogens with zero attached hydrogens (tertiary/aromatic N) is 6. The Morgan fingerprint density at radius 3 is 2.70 bits per heavy atom. The van der Waals surface area contributed by atoms with E-state index in [4.69, 9.17) is 9.72 Å². The maximum Gasteiger partial charge on any atom is 0.216 e. The summed E-state index contributed by atoms with van der Waals surface area (Å²) in [5, 5.41) is 3.63. The number of pyridine rings is 2. The van der Waals surface area contributed by atoms with Crippen LogP contribution in [0.5, 0.6) is 5.88 Å². The second-order valence-electron chi connectivity index (χ2n) is 8.99. The van der Waals surface area contributed by atoms with Crippen LogP contribution in [-0.4, -0.2) is 64.7 Å². The molecule has 0 unspecified atom stereocenters. The summed E-state index contributed by atoms with van der Waals surface area (Å²) in [6.45, 7) is 5.91. The third-order valence-electron chi connectivity index (χ3n) is 6.68. The van der Waals surface area contributed by atoms with Crippen LogP contribution in [0.25, 0.3) is 11.3 Å². The van der Waals surface area contributed by atoms with Gasteiger partial charge < -0.3 is 19.9 Å². The maximum atomic E-state index is 5.33. The number of methoxy groups -OCH3 is 1. The van der Waals surface area contributed by atoms with Crippen LogP contribution in [0.4, 0.5) is 11.5 Å². The molecule has 0 spiro atoms. The highest BCUT2D eigenvalue weighted by molar-refractivity contribution is 5.68. The topological polar surface area (TPSA) is 79.3 Å². The molecular formula is C25H31N7O. The molecule has 8 nitrogen and oxygen atoms in total. The molecule has 33 heavy (non-hydrogen) atoms. The van der Waals surface area contributed by atoms with E-state index >= 15 is 0 Å². The van der Waals surface area contributed by atoms with Crippen LogP contribution in [-0.2, 0) is 13.0 Å². The minimum Gasteiger partial charge on any atom is -0.481 e. The minimum atomic E-state index is 0.463. The number of nitrogens with one attached hydrogen (secondary N) is 1. The second kappa shape index (κ2) is 9.31. The summed E-state index contributed by atoms with van der Waals surface area (Å²) >= 11 is 0. The predicted molar refractivity (Wildman–Crippen MR) is 130 cm³/mol. The zero-order valence-corrected chi connectivity index (χ0v) is 19.6. The molecule has 3 aromatic rings. The monoisotopic (exact) mass is 445 g/mol. The SMILES string of the molecule is COc1ncc(N2CCc3ncnc(-c4ccnc(NC5CCN(C)CC5)c4)c3C2)cc1C. The molecule has 0 atom stereocenters. The summed E-state index contributed by atoms with van der Waals surface area (Å²) in [5.41, 5.74) is 6.48. The molecule has 5 heterocycles. The third-order valence-corrected chi connectivity index (χ3v) is 6.68. The van der Waals surface area contributed by atoms with Gasteiger partial charge in [0, 0.05) is 48.4 Å². The highest BCUT2D eigenvalue weighted by atomic mass is 16.5. The average molecular weight is 446 g/mol. The van der Waals surface area contributed by atoms with Gasteiger partial charge in [-0.3, -0.25) is 0 Å². The Kier molecular flexibility index (Phi) is 6.09. The average Bonchev–Trinajstić information content (AvgIpc) is 2.85. The van der Waals surface area contributed by atoms with Crippen molar-refractivity contribution >= 4 is 11.5 Å². The number of piperidine rings is 1. The number of ether oxygens (including phenoxy) is 1. The Balaban J connectivity index is 1.40. The molecule has 0 amide bonds. The Morgan fingerprint density at radius 2 is 1.91 bits per heavy atom. The normalized spacial score (nSPS) is 17.0. The van der Waals surface area contributed by atoms with E-state index in [-0.39, 0.29) is 0 Å². The standard InChI is InChI=1S/C25H31N7O/c1-17-12-20(14-27-25(17)33-3)32-11-7-22-21(15-32)24(29-16-28-22)18-4-8-26-23(13-18)30-19-5-9-31(2)10-6-19/h4,8,12-14,16,19H,5-7,9-11,15H2,1-3H3,(H,26,30). The summed E-state index contributed by atoms with van der Waals surface area (Å²) in [7, 11) is 3.83. The van der Waals surface area contributed by atoms with Gasteiger partial charge in [-0.1, -0.05) is 0 Å². The van der Waals surface area contributed by atoms with Crippen LogP contribution in [0.1, 0.15) is 29.7 Å². The largest absolute Gasteiger partial charge is 0.481 e. The fourth-order valence-corrected chi connectivity index (χ4v) is 4.76. The van der Waals surface area contributed by atoms with Crippen molar-refractivity contribution < 1.29 is 4.74 Å². The first-order valence-electron chi connectivity index (χ1n) is 11.6. The van der Waals surface area contributed by atoms with Crippen LogP contribution in [0.3, 0.4) is 0 Å². The van der Waals surface area contributed by atoms with E-state index in [1.54, 1.807) is 13.4 Å². The zero-order valence-electron chi connectivity index (χ0n) is 19.6. The van der Waals surface area contributed by atoms with E-state index < -0.39 is 0 Å². The molecule has 0 radical (unpaired) electrons. The molecule has 172 valence electrons. The number of hydrogen-bond acceptors (Lipinski definition) is 8. The van der Waals surface area contributed by atoms with Crippen molar-refractivity contribution in [3.05, 3.63) is 53.7 Å². The van der Waals surface area contributed by atoms with Crippen LogP contribution in [0.15, 0.2) is 36.9 Å². The van der Waals surface area contributed by atoms with Gasteiger partial charge in [-0.15, -0.1) is 0 Å². The van der Waals surface area contributed by atoms with Gasteiger partial charge in [0.15, 0.2) is 0 Å². The fraction of sp³-hybridized carbons (Fsp3) is 0.440. The van der Waals surface area contributed by atoms with Gasteiger partial charge in [0.25, 0.3) is 0 Å². The lowest BCUT2D eigenvalue weighted by Crippen LogP contribution is -2.36. The third kappa shape index (κ3) is 4.61. The maximum absolute atomic E-state index is 5.33. The first-order chi connectivity index (χ1) is 16.1. The lowest BCUT2D eigenvalue weighted by atomic mass is 9.99. The summed E-state index contributed by atoms with van der Waals surface area (Å²) in [6.07, 6.45) is 8.59. The van der Waals surface area contributed by atoms with E-state index in [1.807, 2.05) is 25.4 Å². The van der Waals surface area contributed by atoms with Gasteiger partial charge in [0.05, 0.1) is 30.4 Å². The van der Waals surface area contributed by atoms with Crippen molar-refractivity contribution in [2.45, 2.75) is 38.8 Å². The Hall–Kier alpha value is -3.26. The van der Waals surface area contributed by atoms with Gasteiger partial charge in [0.1, 0.15) is 12.1 Å². The van der Waals surface area contributed by atoms with Crippen molar-refractivity contribution in [1.82, 2.24) is 24.8 Å². The van der Waals surface area contributed by atoms with Crippen molar-refractivity contribution in [2.75, 3.05) is 44.0 Å². The fourth-order valence-electron chi connectivity index (χ4n) is 4.76. The number of fused-ring (bicyclic) bond motifs is 1. The quantitative estimate of drug-likeness (QED) is 0.641. The molecule has 8 heteroatoms. The Morgan fingerprint density at radius 1 is 1.06 bits per heavy atom. The van der Waals surface area contributed by atoms with E-state index in [2.05, 4.69) is 49.2 Å². The predicted octanol–water partition coefficient (Wildman–Crippen LogP) is 3.32. The van der Waals surface area contributed by atoms with E-state index in [0.29, 0.717) is 11.9 Å². The lowest BCUT2D eigenvalue weighted by molar-refractivity contribution is 0.263. The number of aromatic nitrogens is 4. The van der Waals surface area contributed by atoms with Gasteiger partial charge in [-0.2, -0.15) is 0 Å². The summed E-state index contributed by atoms with van der Waals surface area (Å²) in [6, 6.07) is 6.76. The van der Waals surface area contributed by atoms with Gasteiger partial charge >= 0.3 is 0 Å². The molecule has 5 rings (SSSR count). The number of hydrogen-bond donors (Lipinski definition) is 1. The lowest BCUT2D eigenvalue weighted by Gasteiger charge is -2.31. The molecule has 1 saturated heterocycles. The molecule has 2 aliphatic heterocycles. The first-order valence-corrected chi connectivity index (χ1v) is 11.6. The molecule has 0 saturated carbocycles. The Bertz CT molecular complexity index is 1130. The zero-order chi connectivity index (χ0) is 22.8. The molecule has 1 N–H and O–H groups in total. The van der Waals surface area contributed by atoms with Crippen LogP contribution >= 0.6 is 0 Å². The molecule has 1 fully saturated rings. The van der Waals surface area contributed by atoms with E-state index in [0.717, 1.165) is 79.5 Å². The number of likely N-dealkylation sites (tertiary alicyclic amines) is 1. The molecule has 2 aliphatic rings. The number of rotatable bonds is 5. The smallest absolute Gasteiger partial charge is 0.216 e. The minimum absolute atomic E-state index is 0.463. The van der Waals surface area contributed by atoms with Gasteiger partial charge in [-0.25, -0.2) is 19.9 Å². The van der Waals surface area contributed by atoms with Crippen LogP contribution in [0.2, 0.25) is 0 Å². The van der Waals surface area contributed by atoms with E-state index in [9.17, 15) is 0 Å². The van der Waals surface area contributed by atoms with Crippen molar-refractivity contribution in [3.63, 3.8) is 0 Å². The second-order valence-corrected chi connectivity index (χ2v) is 8.99. The highest BCUT2D eigenvalue weighted by Gasteiger charge is 2.23. The van der Waals surface area contributed by atoms with Crippen molar-refractivity contribution in [1.29, 1.82) is 0 Å². The highest BCUT2D eigenvalue weighted by Crippen LogP contribution is 2.31. The summed E-state index contributed by atoms with van der Waals surface area (Å²) < 4.78 is 5.33. The van der Waals surface area contributed by atoms with Crippen molar-refractivity contribution in [3.8, 4) is 17.1 Å². The van der Waals surface area contributed by atoms with Crippen LogP contribution in [0, 0.1) is 6.92 Å².